The number of carbonyl (C=O) groups is 1. The molecule has 27 heavy (non-hydrogen) atoms. The molecular formula is C19H19F3N4O. The summed E-state index contributed by atoms with van der Waals surface area (Å²) < 4.78 is 39.6. The number of benzene rings is 2. The van der Waals surface area contributed by atoms with Gasteiger partial charge in [0, 0.05) is 19.6 Å². The molecule has 0 aliphatic carbocycles. The maximum atomic E-state index is 12.5. The fraction of sp³-hybridized carbons (Fsp3) is 0.263. The largest absolute Gasteiger partial charge is 0.416 e. The zero-order valence-corrected chi connectivity index (χ0v) is 14.5. The van der Waals surface area contributed by atoms with Crippen LogP contribution in [-0.2, 0) is 19.3 Å². The predicted octanol–water partition coefficient (Wildman–Crippen LogP) is 3.94. The first-order chi connectivity index (χ1) is 12.9. The predicted molar refractivity (Wildman–Crippen MR) is 96.0 cm³/mol. The number of aryl methyl sites for hydroxylation is 1. The van der Waals surface area contributed by atoms with Crippen molar-refractivity contribution in [1.82, 2.24) is 20.2 Å². The summed E-state index contributed by atoms with van der Waals surface area (Å²) in [5.41, 5.74) is 1.87. The Bertz CT molecular complexity index is 903. The first-order valence-electron chi connectivity index (χ1n) is 8.51. The van der Waals surface area contributed by atoms with Gasteiger partial charge < -0.3 is 15.2 Å². The summed E-state index contributed by atoms with van der Waals surface area (Å²) in [6, 6.07) is 12.2. The number of alkyl halides is 3. The fourth-order valence-electron chi connectivity index (χ4n) is 2.70. The molecular weight excluding hydrogens is 357 g/mol. The highest BCUT2D eigenvalue weighted by Crippen LogP contribution is 2.29. The molecule has 2 aromatic carbocycles. The minimum absolute atomic E-state index is 0.163. The number of nitrogens with zero attached hydrogens (tertiary/aromatic N) is 2. The number of rotatable bonds is 6. The lowest BCUT2D eigenvalue weighted by Crippen LogP contribution is -2.35. The van der Waals surface area contributed by atoms with Crippen molar-refractivity contribution in [3.8, 4) is 0 Å². The van der Waals surface area contributed by atoms with Crippen LogP contribution in [0.4, 0.5) is 18.0 Å². The topological polar surface area (TPSA) is 59.0 Å². The van der Waals surface area contributed by atoms with Gasteiger partial charge in [0.15, 0.2) is 0 Å². The molecule has 0 aliphatic rings. The third kappa shape index (κ3) is 4.99. The minimum Gasteiger partial charge on any atom is -0.338 e. The average Bonchev–Trinajstić information content (AvgIpc) is 3.06. The van der Waals surface area contributed by atoms with Crippen LogP contribution in [0.25, 0.3) is 11.0 Å². The van der Waals surface area contributed by atoms with E-state index >= 15 is 0 Å². The van der Waals surface area contributed by atoms with E-state index in [1.165, 1.54) is 12.1 Å². The quantitative estimate of drug-likeness (QED) is 0.640. The van der Waals surface area contributed by atoms with Crippen LogP contribution < -0.4 is 10.6 Å². The summed E-state index contributed by atoms with van der Waals surface area (Å²) in [4.78, 5) is 16.1. The van der Waals surface area contributed by atoms with Crippen molar-refractivity contribution in [2.75, 3.05) is 6.54 Å². The van der Waals surface area contributed by atoms with E-state index in [0.717, 1.165) is 36.1 Å². The van der Waals surface area contributed by atoms with Gasteiger partial charge >= 0.3 is 12.2 Å². The van der Waals surface area contributed by atoms with Gasteiger partial charge in [-0.15, -0.1) is 0 Å². The van der Waals surface area contributed by atoms with Crippen molar-refractivity contribution < 1.29 is 18.0 Å². The summed E-state index contributed by atoms with van der Waals surface area (Å²) in [7, 11) is 0. The Kier molecular flexibility index (Phi) is 5.63. The molecule has 1 aromatic heterocycles. The van der Waals surface area contributed by atoms with E-state index < -0.39 is 11.7 Å². The summed E-state index contributed by atoms with van der Waals surface area (Å²) >= 11 is 0. The lowest BCUT2D eigenvalue weighted by Gasteiger charge is -2.10. The van der Waals surface area contributed by atoms with E-state index in [1.54, 1.807) is 6.33 Å². The molecule has 8 heteroatoms. The Labute approximate surface area is 154 Å². The van der Waals surface area contributed by atoms with E-state index in [2.05, 4.69) is 15.6 Å². The van der Waals surface area contributed by atoms with Crippen LogP contribution in [0.1, 0.15) is 17.5 Å². The zero-order chi connectivity index (χ0) is 19.3. The number of carbonyl (C=O) groups excluding carboxylic acids is 1. The van der Waals surface area contributed by atoms with Crippen molar-refractivity contribution in [3.63, 3.8) is 0 Å². The molecule has 0 unspecified atom stereocenters. The summed E-state index contributed by atoms with van der Waals surface area (Å²) in [5.74, 6) is 0. The molecule has 0 bridgehead atoms. The lowest BCUT2D eigenvalue weighted by molar-refractivity contribution is -0.137. The second kappa shape index (κ2) is 8.11. The number of nitrogens with one attached hydrogen (secondary N) is 2. The maximum Gasteiger partial charge on any atom is 0.416 e. The van der Waals surface area contributed by atoms with E-state index in [4.69, 9.17) is 0 Å². The molecule has 0 spiro atoms. The Morgan fingerprint density at radius 3 is 2.52 bits per heavy atom. The van der Waals surface area contributed by atoms with Crippen LogP contribution in [0.3, 0.4) is 0 Å². The standard InChI is InChI=1S/C19H19F3N4O/c20-19(21,22)15-8-6-14(7-9-15)12-24-18(27)23-10-3-11-26-13-25-16-4-1-2-5-17(16)26/h1-2,4-9,13H,3,10-12H2,(H2,23,24,27). The summed E-state index contributed by atoms with van der Waals surface area (Å²) in [6.07, 6.45) is -1.85. The molecule has 0 aliphatic heterocycles. The van der Waals surface area contributed by atoms with Crippen LogP contribution >= 0.6 is 0 Å². The van der Waals surface area contributed by atoms with Gasteiger partial charge in [0.25, 0.3) is 0 Å². The third-order valence-electron chi connectivity index (χ3n) is 4.12. The zero-order valence-electron chi connectivity index (χ0n) is 14.5. The van der Waals surface area contributed by atoms with Crippen molar-refractivity contribution in [3.05, 3.63) is 66.0 Å². The monoisotopic (exact) mass is 376 g/mol. The molecule has 2 N–H and O–H groups in total. The molecule has 1 heterocycles. The first-order valence-corrected chi connectivity index (χ1v) is 8.51. The third-order valence-corrected chi connectivity index (χ3v) is 4.12. The number of amides is 2. The molecule has 0 radical (unpaired) electrons. The SMILES string of the molecule is O=C(NCCCn1cnc2ccccc21)NCc1ccc(C(F)(F)F)cc1. The van der Waals surface area contributed by atoms with Crippen LogP contribution in [0.2, 0.25) is 0 Å². The number of fused-ring (bicyclic) bond motifs is 1. The van der Waals surface area contributed by atoms with Gasteiger partial charge in [0.2, 0.25) is 0 Å². The van der Waals surface area contributed by atoms with Crippen molar-refractivity contribution in [2.24, 2.45) is 0 Å². The second-order valence-corrected chi connectivity index (χ2v) is 6.08. The van der Waals surface area contributed by atoms with Crippen molar-refractivity contribution in [1.29, 1.82) is 0 Å². The number of imidazole rings is 1. The van der Waals surface area contributed by atoms with Crippen LogP contribution in [-0.4, -0.2) is 22.1 Å². The van der Waals surface area contributed by atoms with E-state index in [9.17, 15) is 18.0 Å². The number of hydrogen-bond donors (Lipinski definition) is 2. The van der Waals surface area contributed by atoms with Crippen molar-refractivity contribution >= 4 is 17.1 Å². The van der Waals surface area contributed by atoms with Gasteiger partial charge in [-0.2, -0.15) is 13.2 Å². The van der Waals surface area contributed by atoms with E-state index in [-0.39, 0.29) is 12.6 Å². The second-order valence-electron chi connectivity index (χ2n) is 6.08. The highest BCUT2D eigenvalue weighted by Gasteiger charge is 2.29. The van der Waals surface area contributed by atoms with Gasteiger partial charge in [-0.3, -0.25) is 0 Å². The van der Waals surface area contributed by atoms with Gasteiger partial charge in [-0.05, 0) is 36.2 Å². The van der Waals surface area contributed by atoms with Crippen LogP contribution in [0.5, 0.6) is 0 Å². The minimum atomic E-state index is -4.36. The Morgan fingerprint density at radius 2 is 1.78 bits per heavy atom. The van der Waals surface area contributed by atoms with Crippen LogP contribution in [0.15, 0.2) is 54.9 Å². The number of urea groups is 1. The molecule has 0 fully saturated rings. The lowest BCUT2D eigenvalue weighted by atomic mass is 10.1. The maximum absolute atomic E-state index is 12.5. The smallest absolute Gasteiger partial charge is 0.338 e. The number of para-hydroxylation sites is 2. The fourth-order valence-corrected chi connectivity index (χ4v) is 2.70. The molecule has 5 nitrogen and oxygen atoms in total. The number of hydrogen-bond acceptors (Lipinski definition) is 2. The number of halogens is 3. The molecule has 142 valence electrons. The number of aromatic nitrogens is 2. The van der Waals surface area contributed by atoms with Crippen LogP contribution in [0, 0.1) is 0 Å². The molecule has 0 saturated heterocycles. The Hall–Kier alpha value is -3.03. The molecule has 3 aromatic rings. The highest BCUT2D eigenvalue weighted by atomic mass is 19.4. The normalized spacial score (nSPS) is 11.5. The molecule has 2 amide bonds. The average molecular weight is 376 g/mol. The molecule has 0 atom stereocenters. The van der Waals surface area contributed by atoms with Gasteiger partial charge in [-0.25, -0.2) is 9.78 Å². The Morgan fingerprint density at radius 1 is 1.04 bits per heavy atom. The molecule has 0 saturated carbocycles. The van der Waals surface area contributed by atoms with Gasteiger partial charge in [-0.1, -0.05) is 24.3 Å². The first kappa shape index (κ1) is 18.8. The Balaban J connectivity index is 1.38. The van der Waals surface area contributed by atoms with Crippen molar-refractivity contribution in [2.45, 2.75) is 25.7 Å². The van der Waals surface area contributed by atoms with Gasteiger partial charge in [0.05, 0.1) is 22.9 Å². The van der Waals surface area contributed by atoms with E-state index in [0.29, 0.717) is 12.1 Å². The summed E-state index contributed by atoms with van der Waals surface area (Å²) in [5, 5.41) is 5.37. The van der Waals surface area contributed by atoms with E-state index in [1.807, 2.05) is 28.8 Å². The molecule has 3 rings (SSSR count). The van der Waals surface area contributed by atoms with Gasteiger partial charge in [0.1, 0.15) is 0 Å². The summed E-state index contributed by atoms with van der Waals surface area (Å²) in [6.45, 7) is 1.36. The highest BCUT2D eigenvalue weighted by molar-refractivity contribution is 5.75.